The largest absolute Gasteiger partial charge is 0.508 e. The number of nitrogens with zero attached hydrogens (tertiary/aromatic N) is 1. The number of nitrogens with one attached hydrogen (secondary N) is 1. The first kappa shape index (κ1) is 11.5. The van der Waals surface area contributed by atoms with Gasteiger partial charge in [-0.25, -0.2) is 4.99 Å². The molecule has 3 rings (SSSR count). The third-order valence-electron chi connectivity index (χ3n) is 3.47. The normalized spacial score (nSPS) is 27.0. The molecule has 1 aromatic rings. The van der Waals surface area contributed by atoms with Crippen molar-refractivity contribution in [3.8, 4) is 5.75 Å². The summed E-state index contributed by atoms with van der Waals surface area (Å²) in [6.07, 6.45) is 3.15. The minimum atomic E-state index is 0.184. The Morgan fingerprint density at radius 2 is 2.39 bits per heavy atom. The summed E-state index contributed by atoms with van der Waals surface area (Å²) in [6, 6.07) is 7.86. The molecular formula is C14H18N2O2. The minimum Gasteiger partial charge on any atom is -0.508 e. The van der Waals surface area contributed by atoms with E-state index in [-0.39, 0.29) is 6.04 Å². The number of phenolic OH excluding ortho intramolecular Hbond substituents is 1. The SMILES string of the molecule is Oc1cccc(CC2COC(C3CCCN3)=N2)c1. The number of rotatable bonds is 3. The van der Waals surface area contributed by atoms with Crippen LogP contribution in [0.4, 0.5) is 0 Å². The molecule has 2 N–H and O–H groups in total. The molecular weight excluding hydrogens is 228 g/mol. The molecule has 1 fully saturated rings. The standard InChI is InChI=1S/C14H18N2O2/c17-12-4-1-3-10(8-12)7-11-9-18-14(16-11)13-5-2-6-15-13/h1,3-4,8,11,13,15,17H,2,5-7,9H2. The monoisotopic (exact) mass is 246 g/mol. The second-order valence-corrected chi connectivity index (χ2v) is 4.96. The van der Waals surface area contributed by atoms with Gasteiger partial charge in [-0.15, -0.1) is 0 Å². The molecule has 2 unspecified atom stereocenters. The molecule has 0 radical (unpaired) electrons. The van der Waals surface area contributed by atoms with Crippen molar-refractivity contribution in [1.82, 2.24) is 5.32 Å². The van der Waals surface area contributed by atoms with E-state index in [0.29, 0.717) is 18.4 Å². The molecule has 96 valence electrons. The van der Waals surface area contributed by atoms with Crippen LogP contribution in [0.15, 0.2) is 29.3 Å². The lowest BCUT2D eigenvalue weighted by Crippen LogP contribution is -2.30. The first-order chi connectivity index (χ1) is 8.81. The number of phenols is 1. The molecule has 2 atom stereocenters. The highest BCUT2D eigenvalue weighted by Gasteiger charge is 2.27. The zero-order valence-electron chi connectivity index (χ0n) is 10.3. The van der Waals surface area contributed by atoms with Crippen molar-refractivity contribution in [3.05, 3.63) is 29.8 Å². The van der Waals surface area contributed by atoms with Gasteiger partial charge in [0.05, 0.1) is 12.1 Å². The smallest absolute Gasteiger partial charge is 0.201 e. The van der Waals surface area contributed by atoms with Gasteiger partial charge in [0.1, 0.15) is 12.4 Å². The third-order valence-corrected chi connectivity index (χ3v) is 3.47. The predicted octanol–water partition coefficient (Wildman–Crippen LogP) is 1.48. The fourth-order valence-corrected chi connectivity index (χ4v) is 2.58. The molecule has 0 aliphatic carbocycles. The van der Waals surface area contributed by atoms with E-state index in [2.05, 4.69) is 10.3 Å². The maximum atomic E-state index is 9.43. The molecule has 2 heterocycles. The first-order valence-corrected chi connectivity index (χ1v) is 6.53. The van der Waals surface area contributed by atoms with Crippen LogP contribution in [-0.4, -0.2) is 36.2 Å². The molecule has 4 heteroatoms. The van der Waals surface area contributed by atoms with Crippen molar-refractivity contribution < 1.29 is 9.84 Å². The number of ether oxygens (including phenoxy) is 1. The van der Waals surface area contributed by atoms with Crippen LogP contribution in [0, 0.1) is 0 Å². The Kier molecular flexibility index (Phi) is 3.19. The van der Waals surface area contributed by atoms with Crippen molar-refractivity contribution in [2.45, 2.75) is 31.3 Å². The van der Waals surface area contributed by atoms with E-state index in [1.807, 2.05) is 12.1 Å². The van der Waals surface area contributed by atoms with Gasteiger partial charge in [-0.1, -0.05) is 12.1 Å². The Morgan fingerprint density at radius 3 is 3.17 bits per heavy atom. The molecule has 0 saturated carbocycles. The summed E-state index contributed by atoms with van der Waals surface area (Å²) in [6.45, 7) is 1.72. The first-order valence-electron chi connectivity index (χ1n) is 6.53. The van der Waals surface area contributed by atoms with Crippen LogP contribution >= 0.6 is 0 Å². The fraction of sp³-hybridized carbons (Fsp3) is 0.500. The number of aromatic hydroxyl groups is 1. The molecule has 1 saturated heterocycles. The van der Waals surface area contributed by atoms with Crippen LogP contribution < -0.4 is 5.32 Å². The average molecular weight is 246 g/mol. The third kappa shape index (κ3) is 2.48. The maximum absolute atomic E-state index is 9.43. The van der Waals surface area contributed by atoms with E-state index >= 15 is 0 Å². The summed E-state index contributed by atoms with van der Waals surface area (Å²) in [5.74, 6) is 1.19. The van der Waals surface area contributed by atoms with Crippen LogP contribution in [-0.2, 0) is 11.2 Å². The van der Waals surface area contributed by atoms with Crippen LogP contribution in [0.5, 0.6) is 5.75 Å². The summed E-state index contributed by atoms with van der Waals surface area (Å²) in [4.78, 5) is 4.65. The summed E-state index contributed by atoms with van der Waals surface area (Å²) < 4.78 is 5.68. The zero-order chi connectivity index (χ0) is 12.4. The van der Waals surface area contributed by atoms with Gasteiger partial charge in [-0.05, 0) is 43.5 Å². The van der Waals surface area contributed by atoms with E-state index in [1.54, 1.807) is 12.1 Å². The minimum absolute atomic E-state index is 0.184. The Balaban J connectivity index is 1.64. The van der Waals surface area contributed by atoms with Crippen LogP contribution in [0.2, 0.25) is 0 Å². The number of benzene rings is 1. The molecule has 4 nitrogen and oxygen atoms in total. The lowest BCUT2D eigenvalue weighted by atomic mass is 10.1. The molecule has 2 aliphatic rings. The number of aliphatic imine (C=N–C) groups is 1. The van der Waals surface area contributed by atoms with E-state index in [9.17, 15) is 5.11 Å². The number of hydrogen-bond acceptors (Lipinski definition) is 4. The Bertz CT molecular complexity index is 453. The van der Waals surface area contributed by atoms with Gasteiger partial charge < -0.3 is 15.2 Å². The highest BCUT2D eigenvalue weighted by molar-refractivity contribution is 5.83. The van der Waals surface area contributed by atoms with Gasteiger partial charge in [0.25, 0.3) is 0 Å². The topological polar surface area (TPSA) is 53.9 Å². The van der Waals surface area contributed by atoms with E-state index in [1.165, 1.54) is 6.42 Å². The second kappa shape index (κ2) is 4.98. The van der Waals surface area contributed by atoms with Crippen molar-refractivity contribution in [2.75, 3.05) is 13.2 Å². The van der Waals surface area contributed by atoms with Gasteiger partial charge in [-0.2, -0.15) is 0 Å². The average Bonchev–Trinajstić information content (AvgIpc) is 2.98. The Hall–Kier alpha value is -1.55. The van der Waals surface area contributed by atoms with Crippen molar-refractivity contribution >= 4 is 5.90 Å². The lowest BCUT2D eigenvalue weighted by Gasteiger charge is -2.08. The number of hydrogen-bond donors (Lipinski definition) is 2. The summed E-state index contributed by atoms with van der Waals surface area (Å²) >= 11 is 0. The summed E-state index contributed by atoms with van der Waals surface area (Å²) in [7, 11) is 0. The van der Waals surface area contributed by atoms with Crippen LogP contribution in [0.25, 0.3) is 0 Å². The van der Waals surface area contributed by atoms with Crippen LogP contribution in [0.3, 0.4) is 0 Å². The van der Waals surface area contributed by atoms with Gasteiger partial charge >= 0.3 is 0 Å². The van der Waals surface area contributed by atoms with Crippen LogP contribution in [0.1, 0.15) is 18.4 Å². The molecule has 0 aromatic heterocycles. The highest BCUT2D eigenvalue weighted by Crippen LogP contribution is 2.19. The van der Waals surface area contributed by atoms with E-state index in [4.69, 9.17) is 4.74 Å². The Labute approximate surface area is 107 Å². The maximum Gasteiger partial charge on any atom is 0.201 e. The second-order valence-electron chi connectivity index (χ2n) is 4.96. The van der Waals surface area contributed by atoms with Crippen molar-refractivity contribution in [3.63, 3.8) is 0 Å². The molecule has 0 bridgehead atoms. The van der Waals surface area contributed by atoms with E-state index < -0.39 is 0 Å². The molecule has 1 aromatic carbocycles. The lowest BCUT2D eigenvalue weighted by molar-refractivity contribution is 0.302. The van der Waals surface area contributed by atoms with Gasteiger partial charge in [0.15, 0.2) is 0 Å². The predicted molar refractivity (Wildman–Crippen MR) is 70.0 cm³/mol. The van der Waals surface area contributed by atoms with E-state index in [0.717, 1.165) is 30.8 Å². The van der Waals surface area contributed by atoms with Crippen molar-refractivity contribution in [2.24, 2.45) is 4.99 Å². The summed E-state index contributed by atoms with van der Waals surface area (Å²) in [5, 5.41) is 12.8. The van der Waals surface area contributed by atoms with Crippen molar-refractivity contribution in [1.29, 1.82) is 0 Å². The summed E-state index contributed by atoms with van der Waals surface area (Å²) in [5.41, 5.74) is 1.10. The fourth-order valence-electron chi connectivity index (χ4n) is 2.58. The molecule has 0 spiro atoms. The Morgan fingerprint density at radius 1 is 1.44 bits per heavy atom. The highest BCUT2D eigenvalue weighted by atomic mass is 16.5. The van der Waals surface area contributed by atoms with Gasteiger partial charge in [0, 0.05) is 0 Å². The molecule has 18 heavy (non-hydrogen) atoms. The molecule has 0 amide bonds. The van der Waals surface area contributed by atoms with Gasteiger partial charge in [-0.3, -0.25) is 0 Å². The molecule has 2 aliphatic heterocycles. The zero-order valence-corrected chi connectivity index (χ0v) is 10.3. The quantitative estimate of drug-likeness (QED) is 0.849. The van der Waals surface area contributed by atoms with Gasteiger partial charge in [0.2, 0.25) is 5.90 Å².